The Bertz CT molecular complexity index is 1920. The van der Waals surface area contributed by atoms with E-state index in [0.717, 1.165) is 22.0 Å². The number of amides is 3. The van der Waals surface area contributed by atoms with Crippen LogP contribution in [0.25, 0.3) is 10.8 Å². The first-order valence-electron chi connectivity index (χ1n) is 17.4. The van der Waals surface area contributed by atoms with Crippen molar-refractivity contribution < 1.29 is 19.5 Å². The molecule has 3 aliphatic rings. The summed E-state index contributed by atoms with van der Waals surface area (Å²) in [6, 6.07) is 31.6. The van der Waals surface area contributed by atoms with Gasteiger partial charge in [0.05, 0.1) is 29.2 Å². The van der Waals surface area contributed by atoms with Gasteiger partial charge in [0.15, 0.2) is 0 Å². The number of nitrogens with zero attached hydrogens (tertiary/aromatic N) is 3. The van der Waals surface area contributed by atoms with Crippen LogP contribution in [-0.4, -0.2) is 69.5 Å². The number of likely N-dealkylation sites (tertiary alicyclic amines) is 1. The fourth-order valence-corrected chi connectivity index (χ4v) is 11.1. The van der Waals surface area contributed by atoms with Crippen molar-refractivity contribution in [2.24, 2.45) is 17.8 Å². The molecular weight excluding hydrogens is 643 g/mol. The van der Waals surface area contributed by atoms with E-state index in [-0.39, 0.29) is 42.0 Å². The van der Waals surface area contributed by atoms with Gasteiger partial charge in [0.2, 0.25) is 11.8 Å². The number of hydrogen-bond acceptors (Lipinski definition) is 5. The smallest absolute Gasteiger partial charge is 0.251 e. The predicted molar refractivity (Wildman–Crippen MR) is 202 cm³/mol. The molecule has 0 aromatic heterocycles. The van der Waals surface area contributed by atoms with Crippen molar-refractivity contribution >= 4 is 51.6 Å². The number of para-hydroxylation sites is 1. The largest absolute Gasteiger partial charge is 0.394 e. The van der Waals surface area contributed by atoms with Crippen LogP contribution in [0.3, 0.4) is 0 Å². The van der Waals surface area contributed by atoms with Gasteiger partial charge in [-0.3, -0.25) is 14.4 Å². The molecule has 7 atom stereocenters. The van der Waals surface area contributed by atoms with E-state index in [1.165, 1.54) is 0 Å². The normalized spacial score (nSPS) is 25.7. The summed E-state index contributed by atoms with van der Waals surface area (Å²) in [6.07, 6.45) is 4.50. The van der Waals surface area contributed by atoms with Crippen molar-refractivity contribution in [2.75, 3.05) is 29.5 Å². The molecule has 50 heavy (non-hydrogen) atoms. The molecule has 3 aliphatic heterocycles. The molecule has 1 spiro atoms. The van der Waals surface area contributed by atoms with Crippen LogP contribution in [0, 0.1) is 17.8 Å². The van der Waals surface area contributed by atoms with Crippen LogP contribution >= 0.6 is 11.8 Å². The van der Waals surface area contributed by atoms with Gasteiger partial charge in [-0.2, -0.15) is 0 Å². The van der Waals surface area contributed by atoms with Gasteiger partial charge in [0.1, 0.15) is 6.04 Å². The van der Waals surface area contributed by atoms with Crippen molar-refractivity contribution in [3.63, 3.8) is 0 Å². The third-order valence-electron chi connectivity index (χ3n) is 10.9. The maximum Gasteiger partial charge on any atom is 0.251 e. The summed E-state index contributed by atoms with van der Waals surface area (Å²) >= 11 is 1.65. The SMILES string of the molecule is C=CCN(C(=O)C1N([C@@H](CO)Cc2ccccc2)C(=O)[C@@H]2[C@H](C(=O)N(CC=C)c3ccccc3)[C@@H]3CC(C)C12S3)c1ccc2ccccc2c1. The maximum atomic E-state index is 15.4. The van der Waals surface area contributed by atoms with Crippen molar-refractivity contribution in [3.05, 3.63) is 134 Å². The fraction of sp³-hybridized carbons (Fsp3) is 0.310. The molecule has 4 aromatic carbocycles. The van der Waals surface area contributed by atoms with Gasteiger partial charge >= 0.3 is 0 Å². The van der Waals surface area contributed by atoms with Crippen molar-refractivity contribution in [2.45, 2.75) is 41.8 Å². The monoisotopic (exact) mass is 685 g/mol. The summed E-state index contributed by atoms with van der Waals surface area (Å²) in [7, 11) is 0. The lowest BCUT2D eigenvalue weighted by atomic mass is 9.65. The van der Waals surface area contributed by atoms with Gasteiger partial charge in [-0.25, -0.2) is 0 Å². The molecule has 4 aromatic rings. The highest BCUT2D eigenvalue weighted by Gasteiger charge is 2.77. The minimum atomic E-state index is -0.903. The predicted octanol–water partition coefficient (Wildman–Crippen LogP) is 6.52. The van der Waals surface area contributed by atoms with E-state index in [9.17, 15) is 9.90 Å². The molecule has 3 unspecified atom stereocenters. The summed E-state index contributed by atoms with van der Waals surface area (Å²) in [4.78, 5) is 50.4. The highest BCUT2D eigenvalue weighted by atomic mass is 32.2. The third kappa shape index (κ3) is 5.55. The molecule has 2 bridgehead atoms. The summed E-state index contributed by atoms with van der Waals surface area (Å²) in [5.74, 6) is -1.98. The first-order valence-corrected chi connectivity index (χ1v) is 18.2. The lowest BCUT2D eigenvalue weighted by Gasteiger charge is -2.42. The van der Waals surface area contributed by atoms with Gasteiger partial charge < -0.3 is 19.8 Å². The van der Waals surface area contributed by atoms with E-state index in [0.29, 0.717) is 25.1 Å². The number of carbonyl (C=O) groups excluding carboxylic acids is 3. The number of anilines is 2. The Balaban J connectivity index is 1.35. The Labute approximate surface area is 298 Å². The van der Waals surface area contributed by atoms with Crippen LogP contribution in [0.2, 0.25) is 0 Å². The number of thioether (sulfide) groups is 1. The first-order chi connectivity index (χ1) is 24.3. The van der Waals surface area contributed by atoms with E-state index in [2.05, 4.69) is 20.1 Å². The topological polar surface area (TPSA) is 81.2 Å². The molecular formula is C42H43N3O4S. The number of fused-ring (bicyclic) bond motifs is 2. The molecule has 256 valence electrons. The van der Waals surface area contributed by atoms with Crippen LogP contribution in [0.4, 0.5) is 11.4 Å². The quantitative estimate of drug-likeness (QED) is 0.172. The van der Waals surface area contributed by atoms with Gasteiger partial charge in [0.25, 0.3) is 5.91 Å². The second-order valence-electron chi connectivity index (χ2n) is 13.7. The number of benzene rings is 4. The average molecular weight is 686 g/mol. The van der Waals surface area contributed by atoms with E-state index < -0.39 is 28.7 Å². The molecule has 0 aliphatic carbocycles. The first kappa shape index (κ1) is 33.8. The number of carbonyl (C=O) groups is 3. The number of aliphatic hydroxyl groups is 1. The lowest BCUT2D eigenvalue weighted by Crippen LogP contribution is -2.59. The van der Waals surface area contributed by atoms with Crippen LogP contribution < -0.4 is 9.80 Å². The third-order valence-corrected chi connectivity index (χ3v) is 13.0. The molecule has 8 heteroatoms. The highest BCUT2D eigenvalue weighted by molar-refractivity contribution is 8.02. The van der Waals surface area contributed by atoms with Crippen molar-refractivity contribution in [1.82, 2.24) is 4.90 Å². The summed E-state index contributed by atoms with van der Waals surface area (Å²) < 4.78 is -0.865. The second-order valence-corrected chi connectivity index (χ2v) is 15.2. The van der Waals surface area contributed by atoms with Crippen molar-refractivity contribution in [1.29, 1.82) is 0 Å². The van der Waals surface area contributed by atoms with Crippen LogP contribution in [0.1, 0.15) is 18.9 Å². The maximum absolute atomic E-state index is 15.4. The Morgan fingerprint density at radius 2 is 1.50 bits per heavy atom. The molecule has 7 rings (SSSR count). The number of hydrogen-bond donors (Lipinski definition) is 1. The zero-order chi connectivity index (χ0) is 35.0. The molecule has 7 nitrogen and oxygen atoms in total. The molecule has 1 N–H and O–H groups in total. The highest BCUT2D eigenvalue weighted by Crippen LogP contribution is 2.69. The van der Waals surface area contributed by atoms with Gasteiger partial charge in [-0.1, -0.05) is 97.9 Å². The van der Waals surface area contributed by atoms with E-state index in [4.69, 9.17) is 0 Å². The second kappa shape index (κ2) is 13.9. The lowest BCUT2D eigenvalue weighted by molar-refractivity contribution is -0.141. The molecule has 3 heterocycles. The zero-order valence-electron chi connectivity index (χ0n) is 28.3. The molecule has 0 saturated carbocycles. The van der Waals surface area contributed by atoms with Gasteiger partial charge in [0, 0.05) is 29.7 Å². The summed E-state index contributed by atoms with van der Waals surface area (Å²) in [6.45, 7) is 10.3. The number of rotatable bonds is 12. The van der Waals surface area contributed by atoms with E-state index in [1.54, 1.807) is 38.6 Å². The molecule has 3 saturated heterocycles. The fourth-order valence-electron chi connectivity index (χ4n) is 8.73. The van der Waals surface area contributed by atoms with E-state index in [1.807, 2.05) is 103 Å². The number of aliphatic hydroxyl groups excluding tert-OH is 1. The minimum Gasteiger partial charge on any atom is -0.394 e. The standard InChI is InChI=1S/C42H43N3O4S/c1-4-22-43(32-18-10-7-11-19-32)39(47)36-35-24-28(3)42(50-35)37(36)40(48)45(34(27-46)25-29-14-8-6-9-15-29)38(42)41(49)44(23-5-2)33-21-20-30-16-12-13-17-31(30)26-33/h4-21,26,28,34-38,46H,1-2,22-25,27H2,3H3/t28?,34-,35+,36-,37+,38?,42?/m1/s1. The Morgan fingerprint density at radius 1 is 0.880 bits per heavy atom. The van der Waals surface area contributed by atoms with Crippen LogP contribution in [0.5, 0.6) is 0 Å². The van der Waals surface area contributed by atoms with Crippen molar-refractivity contribution in [3.8, 4) is 0 Å². The molecule has 3 fully saturated rings. The van der Waals surface area contributed by atoms with Crippen LogP contribution in [-0.2, 0) is 20.8 Å². The molecule has 3 amide bonds. The van der Waals surface area contributed by atoms with E-state index >= 15 is 9.59 Å². The minimum absolute atomic E-state index is 0.0303. The Hall–Kier alpha value is -4.66. The zero-order valence-corrected chi connectivity index (χ0v) is 29.1. The van der Waals surface area contributed by atoms with Gasteiger partial charge in [-0.15, -0.1) is 24.9 Å². The average Bonchev–Trinajstić information content (AvgIpc) is 3.75. The Kier molecular flexibility index (Phi) is 9.42. The Morgan fingerprint density at radius 3 is 2.16 bits per heavy atom. The van der Waals surface area contributed by atoms with Gasteiger partial charge in [-0.05, 0) is 59.4 Å². The molecule has 0 radical (unpaired) electrons. The summed E-state index contributed by atoms with van der Waals surface area (Å²) in [5, 5.41) is 12.9. The van der Waals surface area contributed by atoms with Crippen LogP contribution in [0.15, 0.2) is 128 Å². The summed E-state index contributed by atoms with van der Waals surface area (Å²) in [5.41, 5.74) is 2.41.